The van der Waals surface area contributed by atoms with Gasteiger partial charge < -0.3 is 15.0 Å². The SMILES string of the molecule is C#CCn1ncc(Cl)c(NCCOCCN(C)C)c1=O. The van der Waals surface area contributed by atoms with E-state index in [0.29, 0.717) is 25.4 Å². The predicted octanol–water partition coefficient (Wildman–Crippen LogP) is 0.520. The molecule has 7 heteroatoms. The second-order valence-corrected chi connectivity index (χ2v) is 4.78. The summed E-state index contributed by atoms with van der Waals surface area (Å²) >= 11 is 5.95. The molecule has 0 amide bonds. The highest BCUT2D eigenvalue weighted by Crippen LogP contribution is 2.14. The Bertz CT molecular complexity index is 522. The molecule has 1 aromatic heterocycles. The number of likely N-dealkylation sites (N-methyl/N-ethyl adjacent to an activating group) is 1. The number of nitrogens with zero attached hydrogens (tertiary/aromatic N) is 3. The van der Waals surface area contributed by atoms with Crippen molar-refractivity contribution in [2.24, 2.45) is 0 Å². The first-order valence-corrected chi connectivity index (χ1v) is 6.59. The summed E-state index contributed by atoms with van der Waals surface area (Å²) in [7, 11) is 3.96. The van der Waals surface area contributed by atoms with E-state index in [0.717, 1.165) is 6.54 Å². The van der Waals surface area contributed by atoms with Crippen LogP contribution in [0.5, 0.6) is 0 Å². The lowest BCUT2D eigenvalue weighted by Gasteiger charge is -2.11. The van der Waals surface area contributed by atoms with E-state index >= 15 is 0 Å². The molecule has 0 aromatic carbocycles. The molecule has 20 heavy (non-hydrogen) atoms. The fraction of sp³-hybridized carbons (Fsp3) is 0.538. The number of rotatable bonds is 8. The number of terminal acetylenes is 1. The van der Waals surface area contributed by atoms with Gasteiger partial charge in [0.25, 0.3) is 5.56 Å². The van der Waals surface area contributed by atoms with Crippen LogP contribution in [-0.4, -0.2) is 55.1 Å². The smallest absolute Gasteiger partial charge is 0.292 e. The van der Waals surface area contributed by atoms with Crippen molar-refractivity contribution < 1.29 is 4.74 Å². The second kappa shape index (κ2) is 8.59. The molecule has 0 radical (unpaired) electrons. The molecule has 0 aliphatic carbocycles. The highest BCUT2D eigenvalue weighted by molar-refractivity contribution is 6.32. The van der Waals surface area contributed by atoms with Gasteiger partial charge in [-0.1, -0.05) is 17.5 Å². The predicted molar refractivity (Wildman–Crippen MR) is 80.2 cm³/mol. The van der Waals surface area contributed by atoms with Crippen LogP contribution in [0.25, 0.3) is 0 Å². The highest BCUT2D eigenvalue weighted by Gasteiger charge is 2.08. The fourth-order valence-corrected chi connectivity index (χ4v) is 1.62. The summed E-state index contributed by atoms with van der Waals surface area (Å²) in [5.74, 6) is 2.37. The van der Waals surface area contributed by atoms with Crippen LogP contribution in [0, 0.1) is 12.3 Å². The normalized spacial score (nSPS) is 10.6. The lowest BCUT2D eigenvalue weighted by Crippen LogP contribution is -2.27. The van der Waals surface area contributed by atoms with E-state index in [2.05, 4.69) is 16.3 Å². The Morgan fingerprint density at radius 3 is 2.95 bits per heavy atom. The molecule has 1 rings (SSSR count). The van der Waals surface area contributed by atoms with Gasteiger partial charge in [-0.05, 0) is 14.1 Å². The second-order valence-electron chi connectivity index (χ2n) is 4.38. The molecule has 0 atom stereocenters. The summed E-state index contributed by atoms with van der Waals surface area (Å²) in [5.41, 5.74) is -0.0307. The third kappa shape index (κ3) is 5.21. The zero-order valence-electron chi connectivity index (χ0n) is 11.7. The molecular formula is C13H19ClN4O2. The van der Waals surface area contributed by atoms with Crippen LogP contribution < -0.4 is 10.9 Å². The Kier molecular flexibility index (Phi) is 7.09. The first kappa shape index (κ1) is 16.5. The Morgan fingerprint density at radius 1 is 1.55 bits per heavy atom. The maximum atomic E-state index is 12.0. The van der Waals surface area contributed by atoms with Crippen LogP contribution in [0.2, 0.25) is 5.02 Å². The third-order valence-electron chi connectivity index (χ3n) is 2.47. The lowest BCUT2D eigenvalue weighted by molar-refractivity contribution is 0.126. The summed E-state index contributed by atoms with van der Waals surface area (Å²) in [5, 5.41) is 7.09. The molecule has 0 saturated heterocycles. The van der Waals surface area contributed by atoms with Gasteiger partial charge in [0.1, 0.15) is 12.2 Å². The van der Waals surface area contributed by atoms with Gasteiger partial charge in [0.05, 0.1) is 24.4 Å². The summed E-state index contributed by atoms with van der Waals surface area (Å²) < 4.78 is 6.60. The Hall–Kier alpha value is -1.55. The molecule has 6 nitrogen and oxygen atoms in total. The molecule has 110 valence electrons. The number of hydrogen-bond acceptors (Lipinski definition) is 5. The molecule has 0 aliphatic rings. The van der Waals surface area contributed by atoms with Crippen molar-refractivity contribution in [1.29, 1.82) is 0 Å². The van der Waals surface area contributed by atoms with E-state index < -0.39 is 0 Å². The van der Waals surface area contributed by atoms with E-state index in [-0.39, 0.29) is 17.1 Å². The molecule has 0 bridgehead atoms. The number of nitrogens with one attached hydrogen (secondary N) is 1. The van der Waals surface area contributed by atoms with Crippen molar-refractivity contribution in [3.63, 3.8) is 0 Å². The topological polar surface area (TPSA) is 59.4 Å². The Labute approximate surface area is 123 Å². The van der Waals surface area contributed by atoms with Crippen LogP contribution in [0.4, 0.5) is 5.69 Å². The summed E-state index contributed by atoms with van der Waals surface area (Å²) in [6, 6.07) is 0. The minimum atomic E-state index is -0.330. The van der Waals surface area contributed by atoms with E-state index in [1.54, 1.807) is 0 Å². The number of halogens is 1. The molecular weight excluding hydrogens is 280 g/mol. The van der Waals surface area contributed by atoms with Crippen LogP contribution in [0.1, 0.15) is 0 Å². The monoisotopic (exact) mass is 298 g/mol. The average Bonchev–Trinajstić information content (AvgIpc) is 2.40. The van der Waals surface area contributed by atoms with Gasteiger partial charge in [-0.2, -0.15) is 5.10 Å². The minimum Gasteiger partial charge on any atom is -0.378 e. The maximum Gasteiger partial charge on any atom is 0.292 e. The van der Waals surface area contributed by atoms with Crippen LogP contribution in [0.3, 0.4) is 0 Å². The molecule has 0 aliphatic heterocycles. The molecule has 1 aromatic rings. The molecule has 1 heterocycles. The van der Waals surface area contributed by atoms with Gasteiger partial charge in [0.15, 0.2) is 0 Å². The molecule has 0 unspecified atom stereocenters. The third-order valence-corrected chi connectivity index (χ3v) is 2.76. The van der Waals surface area contributed by atoms with E-state index in [9.17, 15) is 4.79 Å². The lowest BCUT2D eigenvalue weighted by atomic mass is 10.4. The molecule has 0 saturated carbocycles. The summed E-state index contributed by atoms with van der Waals surface area (Å²) in [6.45, 7) is 2.58. The quantitative estimate of drug-likeness (QED) is 0.560. The van der Waals surface area contributed by atoms with Gasteiger partial charge >= 0.3 is 0 Å². The highest BCUT2D eigenvalue weighted by atomic mass is 35.5. The number of ether oxygens (including phenoxy) is 1. The van der Waals surface area contributed by atoms with Crippen molar-refractivity contribution in [2.75, 3.05) is 45.7 Å². The minimum absolute atomic E-state index is 0.115. The van der Waals surface area contributed by atoms with Gasteiger partial charge in [-0.15, -0.1) is 6.42 Å². The largest absolute Gasteiger partial charge is 0.378 e. The van der Waals surface area contributed by atoms with Gasteiger partial charge in [0, 0.05) is 13.1 Å². The molecule has 1 N–H and O–H groups in total. The van der Waals surface area contributed by atoms with Gasteiger partial charge in [0.2, 0.25) is 0 Å². The van der Waals surface area contributed by atoms with E-state index in [1.165, 1.54) is 10.9 Å². The van der Waals surface area contributed by atoms with E-state index in [1.807, 2.05) is 19.0 Å². The number of hydrogen-bond donors (Lipinski definition) is 1. The first-order valence-electron chi connectivity index (χ1n) is 6.21. The van der Waals surface area contributed by atoms with Crippen molar-refractivity contribution in [3.8, 4) is 12.3 Å². The molecule has 0 fully saturated rings. The number of aromatic nitrogens is 2. The van der Waals surface area contributed by atoms with Crippen molar-refractivity contribution >= 4 is 17.3 Å². The maximum absolute atomic E-state index is 12.0. The summed E-state index contributed by atoms with van der Waals surface area (Å²) in [4.78, 5) is 14.0. The zero-order chi connectivity index (χ0) is 15.0. The number of anilines is 1. The average molecular weight is 299 g/mol. The Balaban J connectivity index is 2.49. The van der Waals surface area contributed by atoms with Crippen molar-refractivity contribution in [1.82, 2.24) is 14.7 Å². The van der Waals surface area contributed by atoms with Crippen LogP contribution >= 0.6 is 11.6 Å². The summed E-state index contributed by atoms with van der Waals surface area (Å²) in [6.07, 6.45) is 6.57. The van der Waals surface area contributed by atoms with Crippen LogP contribution in [0.15, 0.2) is 11.0 Å². The zero-order valence-corrected chi connectivity index (χ0v) is 12.5. The Morgan fingerprint density at radius 2 is 2.30 bits per heavy atom. The standard InChI is InChI=1S/C13H19ClN4O2/c1-4-6-18-13(19)12(11(14)10-16-18)15-5-8-20-9-7-17(2)3/h1,10,15H,5-9H2,2-3H3. The first-order chi connectivity index (χ1) is 9.56. The molecule has 0 spiro atoms. The van der Waals surface area contributed by atoms with Crippen molar-refractivity contribution in [2.45, 2.75) is 6.54 Å². The van der Waals surface area contributed by atoms with Crippen molar-refractivity contribution in [3.05, 3.63) is 21.6 Å². The van der Waals surface area contributed by atoms with Crippen LogP contribution in [-0.2, 0) is 11.3 Å². The van der Waals surface area contributed by atoms with Gasteiger partial charge in [-0.25, -0.2) is 4.68 Å². The van der Waals surface area contributed by atoms with Gasteiger partial charge in [-0.3, -0.25) is 4.79 Å². The van der Waals surface area contributed by atoms with E-state index in [4.69, 9.17) is 22.8 Å². The fourth-order valence-electron chi connectivity index (χ4n) is 1.43.